The number of ketones is 1. The topological polar surface area (TPSA) is 46.6 Å². The first-order chi connectivity index (χ1) is 11.8. The summed E-state index contributed by atoms with van der Waals surface area (Å²) >= 11 is 0. The fraction of sp³-hybridized carbons (Fsp3) is 0.333. The van der Waals surface area contributed by atoms with E-state index < -0.39 is 11.7 Å². The molecule has 0 aromatic heterocycles. The van der Waals surface area contributed by atoms with Gasteiger partial charge in [0.1, 0.15) is 5.60 Å². The van der Waals surface area contributed by atoms with Gasteiger partial charge in [-0.1, -0.05) is 61.6 Å². The zero-order chi connectivity index (χ0) is 18.4. The van der Waals surface area contributed by atoms with Crippen LogP contribution < -0.4 is 0 Å². The van der Waals surface area contributed by atoms with Gasteiger partial charge in [-0.3, -0.25) is 9.69 Å². The summed E-state index contributed by atoms with van der Waals surface area (Å²) in [6, 6.07) is 9.56. The molecule has 2 atom stereocenters. The summed E-state index contributed by atoms with van der Waals surface area (Å²) < 4.78 is 5.44. The molecule has 1 heterocycles. The van der Waals surface area contributed by atoms with E-state index in [1.54, 1.807) is 0 Å². The van der Waals surface area contributed by atoms with Crippen molar-refractivity contribution in [2.45, 2.75) is 39.3 Å². The predicted molar refractivity (Wildman–Crippen MR) is 99.8 cm³/mol. The summed E-state index contributed by atoms with van der Waals surface area (Å²) in [6.07, 6.45) is 10.1. The maximum Gasteiger partial charge on any atom is 0.414 e. The van der Waals surface area contributed by atoms with Crippen LogP contribution in [0.5, 0.6) is 0 Å². The molecule has 132 valence electrons. The molecule has 0 saturated carbocycles. The van der Waals surface area contributed by atoms with Crippen molar-refractivity contribution in [1.29, 1.82) is 0 Å². The van der Waals surface area contributed by atoms with Crippen LogP contribution in [-0.4, -0.2) is 28.4 Å². The van der Waals surface area contributed by atoms with Crippen molar-refractivity contribution >= 4 is 18.0 Å². The Bertz CT molecular complexity index is 696. The van der Waals surface area contributed by atoms with Crippen LogP contribution in [0.1, 0.15) is 33.3 Å². The zero-order valence-electron chi connectivity index (χ0n) is 15.2. The van der Waals surface area contributed by atoms with Crippen molar-refractivity contribution in [1.82, 2.24) is 4.90 Å². The number of amides is 1. The molecular formula is C21H25NO3. The molecule has 0 fully saturated rings. The van der Waals surface area contributed by atoms with Gasteiger partial charge in [0.25, 0.3) is 0 Å². The van der Waals surface area contributed by atoms with Crippen LogP contribution in [0, 0.1) is 5.92 Å². The summed E-state index contributed by atoms with van der Waals surface area (Å²) in [7, 11) is 0. The van der Waals surface area contributed by atoms with E-state index in [1.165, 1.54) is 17.2 Å². The highest BCUT2D eigenvalue weighted by Gasteiger charge is 2.34. The monoisotopic (exact) mass is 339 g/mol. The lowest BCUT2D eigenvalue weighted by atomic mass is 9.92. The SMILES string of the molecule is C[C@@H]1C(=O)C=CN(C(=O)OC(C)(C)C)[C@H]1/C=C/C=C/c1ccccc1. The molecule has 1 aromatic carbocycles. The number of benzene rings is 1. The molecule has 4 heteroatoms. The Labute approximate surface area is 149 Å². The van der Waals surface area contributed by atoms with Crippen molar-refractivity contribution in [3.8, 4) is 0 Å². The number of ether oxygens (including phenoxy) is 1. The van der Waals surface area contributed by atoms with Crippen LogP contribution in [0.25, 0.3) is 6.08 Å². The molecule has 1 aliphatic heterocycles. The Balaban J connectivity index is 2.14. The smallest absolute Gasteiger partial charge is 0.414 e. The Hall–Kier alpha value is -2.62. The maximum atomic E-state index is 12.4. The molecule has 25 heavy (non-hydrogen) atoms. The Kier molecular flexibility index (Phi) is 5.97. The first-order valence-corrected chi connectivity index (χ1v) is 8.41. The molecule has 4 nitrogen and oxygen atoms in total. The molecule has 0 bridgehead atoms. The zero-order valence-corrected chi connectivity index (χ0v) is 15.2. The standard InChI is InChI=1S/C21H25NO3/c1-16-18(13-9-8-12-17-10-6-5-7-11-17)22(15-14-19(16)23)20(24)25-21(2,3)4/h5-16,18H,1-4H3/b12-8+,13-9+/t16-,18-/m0/s1. The van der Waals surface area contributed by atoms with Crippen LogP contribution in [-0.2, 0) is 9.53 Å². The molecule has 0 spiro atoms. The van der Waals surface area contributed by atoms with Crippen LogP contribution in [0.3, 0.4) is 0 Å². The Morgan fingerprint density at radius 3 is 2.48 bits per heavy atom. The van der Waals surface area contributed by atoms with Gasteiger partial charge in [0.2, 0.25) is 0 Å². The van der Waals surface area contributed by atoms with E-state index in [-0.39, 0.29) is 17.7 Å². The normalized spacial score (nSPS) is 21.3. The van der Waals surface area contributed by atoms with E-state index in [4.69, 9.17) is 4.74 Å². The highest BCUT2D eigenvalue weighted by molar-refractivity contribution is 5.94. The third-order valence-electron chi connectivity index (χ3n) is 3.79. The van der Waals surface area contributed by atoms with Gasteiger partial charge in [0.15, 0.2) is 5.78 Å². The lowest BCUT2D eigenvalue weighted by Gasteiger charge is -2.34. The van der Waals surface area contributed by atoms with E-state index in [0.29, 0.717) is 0 Å². The highest BCUT2D eigenvalue weighted by Crippen LogP contribution is 2.23. The average molecular weight is 339 g/mol. The maximum absolute atomic E-state index is 12.4. The van der Waals surface area contributed by atoms with Gasteiger partial charge in [-0.25, -0.2) is 4.79 Å². The minimum atomic E-state index is -0.586. The van der Waals surface area contributed by atoms with Gasteiger partial charge in [-0.05, 0) is 32.4 Å². The van der Waals surface area contributed by atoms with E-state index in [2.05, 4.69) is 0 Å². The van der Waals surface area contributed by atoms with E-state index in [0.717, 1.165) is 5.56 Å². The summed E-state index contributed by atoms with van der Waals surface area (Å²) in [6.45, 7) is 7.28. The fourth-order valence-corrected chi connectivity index (χ4v) is 2.48. The van der Waals surface area contributed by atoms with E-state index in [1.807, 2.05) is 82.3 Å². The van der Waals surface area contributed by atoms with Crippen LogP contribution in [0.2, 0.25) is 0 Å². The van der Waals surface area contributed by atoms with Gasteiger partial charge >= 0.3 is 6.09 Å². The second-order valence-electron chi connectivity index (χ2n) is 7.04. The molecule has 0 unspecified atom stereocenters. The van der Waals surface area contributed by atoms with Gasteiger partial charge in [0, 0.05) is 12.1 Å². The number of rotatable bonds is 3. The van der Waals surface area contributed by atoms with Crippen molar-refractivity contribution < 1.29 is 14.3 Å². The Morgan fingerprint density at radius 1 is 1.16 bits per heavy atom. The number of allylic oxidation sites excluding steroid dienone is 3. The number of nitrogens with zero attached hydrogens (tertiary/aromatic N) is 1. The molecule has 0 radical (unpaired) electrons. The van der Waals surface area contributed by atoms with E-state index >= 15 is 0 Å². The average Bonchev–Trinajstić information content (AvgIpc) is 2.54. The third-order valence-corrected chi connectivity index (χ3v) is 3.79. The second-order valence-corrected chi connectivity index (χ2v) is 7.04. The molecular weight excluding hydrogens is 314 g/mol. The van der Waals surface area contributed by atoms with Crippen molar-refractivity contribution in [3.05, 3.63) is 66.4 Å². The molecule has 0 N–H and O–H groups in total. The van der Waals surface area contributed by atoms with Gasteiger partial charge in [-0.15, -0.1) is 0 Å². The number of carbonyl (C=O) groups is 2. The summed E-state index contributed by atoms with van der Waals surface area (Å²) in [5.74, 6) is -0.319. The summed E-state index contributed by atoms with van der Waals surface area (Å²) in [4.78, 5) is 25.9. The second kappa shape index (κ2) is 7.97. The lowest BCUT2D eigenvalue weighted by Crippen LogP contribution is -2.46. The first kappa shape index (κ1) is 18.7. The number of hydrogen-bond acceptors (Lipinski definition) is 3. The molecule has 1 aliphatic rings. The molecule has 0 aliphatic carbocycles. The summed E-state index contributed by atoms with van der Waals surface area (Å²) in [5, 5.41) is 0. The summed E-state index contributed by atoms with van der Waals surface area (Å²) in [5.41, 5.74) is 0.501. The van der Waals surface area contributed by atoms with Crippen molar-refractivity contribution in [2.75, 3.05) is 0 Å². The van der Waals surface area contributed by atoms with Crippen molar-refractivity contribution in [2.24, 2.45) is 5.92 Å². The third kappa shape index (κ3) is 5.45. The predicted octanol–water partition coefficient (Wildman–Crippen LogP) is 4.59. The van der Waals surface area contributed by atoms with Gasteiger partial charge < -0.3 is 4.74 Å². The fourth-order valence-electron chi connectivity index (χ4n) is 2.48. The molecule has 1 aromatic rings. The van der Waals surface area contributed by atoms with Crippen LogP contribution in [0.4, 0.5) is 4.79 Å². The van der Waals surface area contributed by atoms with Gasteiger partial charge in [-0.2, -0.15) is 0 Å². The number of hydrogen-bond donors (Lipinski definition) is 0. The van der Waals surface area contributed by atoms with Gasteiger partial charge in [0.05, 0.1) is 6.04 Å². The van der Waals surface area contributed by atoms with Crippen molar-refractivity contribution in [3.63, 3.8) is 0 Å². The first-order valence-electron chi connectivity index (χ1n) is 8.41. The molecule has 0 saturated heterocycles. The quantitative estimate of drug-likeness (QED) is 0.757. The minimum Gasteiger partial charge on any atom is -0.443 e. The Morgan fingerprint density at radius 2 is 1.84 bits per heavy atom. The van der Waals surface area contributed by atoms with Crippen LogP contribution in [0.15, 0.2) is 60.8 Å². The number of carbonyl (C=O) groups excluding carboxylic acids is 2. The van der Waals surface area contributed by atoms with Crippen LogP contribution >= 0.6 is 0 Å². The largest absolute Gasteiger partial charge is 0.443 e. The molecule has 1 amide bonds. The lowest BCUT2D eigenvalue weighted by molar-refractivity contribution is -0.119. The highest BCUT2D eigenvalue weighted by atomic mass is 16.6. The van der Waals surface area contributed by atoms with E-state index in [9.17, 15) is 9.59 Å². The minimum absolute atomic E-state index is 0.00139. The molecule has 2 rings (SSSR count).